The fraction of sp³-hybridized carbons (Fsp3) is 0.833. The first-order chi connectivity index (χ1) is 5.24. The number of nitrogens with zero attached hydrogens (tertiary/aromatic N) is 1. The lowest BCUT2D eigenvalue weighted by Crippen LogP contribution is -2.30. The van der Waals surface area contributed by atoms with Crippen molar-refractivity contribution in [3.05, 3.63) is 0 Å². The normalized spacial score (nSPS) is 23.0. The minimum absolute atomic E-state index is 0.248. The minimum atomic E-state index is -0.744. The highest BCUT2D eigenvalue weighted by molar-refractivity contribution is 7.28. The van der Waals surface area contributed by atoms with Crippen molar-refractivity contribution in [2.24, 2.45) is 5.92 Å². The second kappa shape index (κ2) is 3.98. The Kier molecular flexibility index (Phi) is 3.21. The topological polar surface area (TPSA) is 40.5 Å². The van der Waals surface area contributed by atoms with E-state index in [1.165, 1.54) is 0 Å². The summed E-state index contributed by atoms with van der Waals surface area (Å²) in [5.74, 6) is -0.991. The highest BCUT2D eigenvalue weighted by atomic mass is 31.1. The zero-order chi connectivity index (χ0) is 8.27. The van der Waals surface area contributed by atoms with Crippen LogP contribution in [0.4, 0.5) is 4.20 Å². The molecule has 1 heterocycles. The van der Waals surface area contributed by atoms with Gasteiger partial charge in [0.2, 0.25) is 0 Å². The maximum atomic E-state index is 12.0. The second-order valence-corrected chi connectivity index (χ2v) is 3.49. The van der Waals surface area contributed by atoms with Gasteiger partial charge >= 0.3 is 5.97 Å². The fourth-order valence-electron chi connectivity index (χ4n) is 1.21. The molecule has 0 amide bonds. The van der Waals surface area contributed by atoms with Crippen LogP contribution in [-0.4, -0.2) is 28.8 Å². The molecule has 1 rings (SSSR count). The molecule has 0 bridgehead atoms. The zero-order valence-electron chi connectivity index (χ0n) is 6.09. The van der Waals surface area contributed by atoms with Crippen molar-refractivity contribution >= 4 is 15.0 Å². The van der Waals surface area contributed by atoms with Gasteiger partial charge in [0.15, 0.2) is 0 Å². The molecule has 5 heteroatoms. The van der Waals surface area contributed by atoms with Crippen LogP contribution in [0.3, 0.4) is 0 Å². The van der Waals surface area contributed by atoms with Crippen LogP contribution in [0, 0.1) is 5.92 Å². The van der Waals surface area contributed by atoms with E-state index in [1.807, 2.05) is 0 Å². The van der Waals surface area contributed by atoms with E-state index in [1.54, 1.807) is 4.67 Å². The second-order valence-electron chi connectivity index (χ2n) is 2.68. The third-order valence-electron chi connectivity index (χ3n) is 1.96. The van der Waals surface area contributed by atoms with Gasteiger partial charge in [-0.05, 0) is 12.8 Å². The molecule has 11 heavy (non-hydrogen) atoms. The van der Waals surface area contributed by atoms with Crippen LogP contribution >= 0.6 is 9.04 Å². The Bertz CT molecular complexity index is 148. The quantitative estimate of drug-likeness (QED) is 0.649. The van der Waals surface area contributed by atoms with Gasteiger partial charge in [0, 0.05) is 13.1 Å². The van der Waals surface area contributed by atoms with Crippen molar-refractivity contribution in [1.29, 1.82) is 0 Å². The summed E-state index contributed by atoms with van der Waals surface area (Å²) in [6.45, 7) is 1.18. The molecule has 1 atom stereocenters. The van der Waals surface area contributed by atoms with Crippen LogP contribution in [0.15, 0.2) is 0 Å². The van der Waals surface area contributed by atoms with E-state index in [0.717, 1.165) is 0 Å². The maximum Gasteiger partial charge on any atom is 0.306 e. The molecule has 0 aliphatic carbocycles. The molecule has 1 aliphatic rings. The molecule has 1 fully saturated rings. The third-order valence-corrected chi connectivity index (χ3v) is 2.65. The molecule has 0 aromatic carbocycles. The Balaban J connectivity index is 2.30. The average Bonchev–Trinajstić information content (AvgIpc) is 2.05. The van der Waals surface area contributed by atoms with Gasteiger partial charge in [-0.3, -0.25) is 9.46 Å². The van der Waals surface area contributed by atoms with Gasteiger partial charge in [0.25, 0.3) is 0 Å². The summed E-state index contributed by atoms with van der Waals surface area (Å²) in [6.07, 6.45) is 1.18. The lowest BCUT2D eigenvalue weighted by atomic mass is 9.99. The van der Waals surface area contributed by atoms with Gasteiger partial charge in [0.1, 0.15) is 9.04 Å². The lowest BCUT2D eigenvalue weighted by Gasteiger charge is -2.26. The molecule has 3 nitrogen and oxygen atoms in total. The van der Waals surface area contributed by atoms with Crippen molar-refractivity contribution in [3.63, 3.8) is 0 Å². The van der Waals surface area contributed by atoms with Gasteiger partial charge in [0.05, 0.1) is 5.92 Å². The van der Waals surface area contributed by atoms with Crippen LogP contribution < -0.4 is 0 Å². The summed E-state index contributed by atoms with van der Waals surface area (Å²) in [7, 11) is -0.669. The molecular formula is C6H11FNO2P. The minimum Gasteiger partial charge on any atom is -0.481 e. The van der Waals surface area contributed by atoms with Crippen LogP contribution in [0.5, 0.6) is 0 Å². The molecule has 0 radical (unpaired) electrons. The molecule has 1 saturated heterocycles. The predicted octanol–water partition coefficient (Wildman–Crippen LogP) is 1.26. The maximum absolute atomic E-state index is 12.0. The first-order valence-electron chi connectivity index (χ1n) is 3.58. The number of hydrogen-bond donors (Lipinski definition) is 1. The van der Waals surface area contributed by atoms with Crippen LogP contribution in [0.2, 0.25) is 0 Å². The molecule has 0 aromatic rings. The number of carboxylic acids is 1. The van der Waals surface area contributed by atoms with Crippen molar-refractivity contribution in [2.75, 3.05) is 13.1 Å². The first-order valence-corrected chi connectivity index (χ1v) is 4.40. The van der Waals surface area contributed by atoms with E-state index in [4.69, 9.17) is 5.11 Å². The number of carboxylic acid groups (broad SMARTS) is 1. The summed E-state index contributed by atoms with van der Waals surface area (Å²) in [4.78, 5) is 10.4. The summed E-state index contributed by atoms with van der Waals surface area (Å²) in [6, 6.07) is 0. The van der Waals surface area contributed by atoms with Crippen molar-refractivity contribution < 1.29 is 14.1 Å². The summed E-state index contributed by atoms with van der Waals surface area (Å²) in [5.41, 5.74) is 0. The van der Waals surface area contributed by atoms with Crippen LogP contribution in [0.1, 0.15) is 12.8 Å². The van der Waals surface area contributed by atoms with E-state index in [0.29, 0.717) is 25.9 Å². The van der Waals surface area contributed by atoms with Crippen molar-refractivity contribution in [3.8, 4) is 0 Å². The monoisotopic (exact) mass is 179 g/mol. The lowest BCUT2D eigenvalue weighted by molar-refractivity contribution is -0.142. The summed E-state index contributed by atoms with van der Waals surface area (Å²) < 4.78 is 13.7. The molecule has 1 unspecified atom stereocenters. The van der Waals surface area contributed by atoms with Crippen LogP contribution in [0.25, 0.3) is 0 Å². The molecular weight excluding hydrogens is 168 g/mol. The Morgan fingerprint density at radius 3 is 2.45 bits per heavy atom. The molecule has 1 N–H and O–H groups in total. The first kappa shape index (κ1) is 8.88. The summed E-state index contributed by atoms with van der Waals surface area (Å²) in [5, 5.41) is 8.59. The zero-order valence-corrected chi connectivity index (χ0v) is 7.09. The molecule has 0 spiro atoms. The van der Waals surface area contributed by atoms with Crippen molar-refractivity contribution in [1.82, 2.24) is 4.67 Å². The van der Waals surface area contributed by atoms with E-state index in [9.17, 15) is 8.99 Å². The number of aliphatic carboxylic acids is 1. The van der Waals surface area contributed by atoms with E-state index >= 15 is 0 Å². The van der Waals surface area contributed by atoms with Gasteiger partial charge in [-0.1, -0.05) is 0 Å². The summed E-state index contributed by atoms with van der Waals surface area (Å²) >= 11 is 0. The predicted molar refractivity (Wildman–Crippen MR) is 41.4 cm³/mol. The van der Waals surface area contributed by atoms with Gasteiger partial charge in [-0.25, -0.2) is 4.20 Å². The largest absolute Gasteiger partial charge is 0.481 e. The van der Waals surface area contributed by atoms with E-state index < -0.39 is 15.0 Å². The third kappa shape index (κ3) is 2.38. The van der Waals surface area contributed by atoms with E-state index in [2.05, 4.69) is 0 Å². The number of halogens is 1. The highest BCUT2D eigenvalue weighted by Gasteiger charge is 2.23. The smallest absolute Gasteiger partial charge is 0.306 e. The Morgan fingerprint density at radius 2 is 2.09 bits per heavy atom. The Morgan fingerprint density at radius 1 is 1.55 bits per heavy atom. The molecule has 64 valence electrons. The van der Waals surface area contributed by atoms with Crippen LogP contribution in [-0.2, 0) is 4.79 Å². The molecule has 1 aliphatic heterocycles. The SMILES string of the molecule is O=C(O)C1CCN(PF)CC1. The number of hydrogen-bond acceptors (Lipinski definition) is 2. The van der Waals surface area contributed by atoms with Gasteiger partial charge < -0.3 is 5.11 Å². The van der Waals surface area contributed by atoms with Crippen molar-refractivity contribution in [2.45, 2.75) is 12.8 Å². The Labute approximate surface area is 66.5 Å². The molecule has 0 saturated carbocycles. The number of rotatable bonds is 2. The highest BCUT2D eigenvalue weighted by Crippen LogP contribution is 2.26. The number of piperidine rings is 1. The average molecular weight is 179 g/mol. The standard InChI is InChI=1S/C6H11FNO2P/c7-11-8-3-1-5(2-4-8)6(9)10/h5,11H,1-4H2,(H,9,10). The number of carbonyl (C=O) groups is 1. The van der Waals surface area contributed by atoms with Gasteiger partial charge in [-0.2, -0.15) is 0 Å². The van der Waals surface area contributed by atoms with E-state index in [-0.39, 0.29) is 5.92 Å². The fourth-order valence-corrected chi connectivity index (χ4v) is 1.64. The molecule has 0 aromatic heterocycles. The Hall–Kier alpha value is -0.210. The van der Waals surface area contributed by atoms with Gasteiger partial charge in [-0.15, -0.1) is 0 Å².